The van der Waals surface area contributed by atoms with Crippen molar-refractivity contribution in [3.63, 3.8) is 0 Å². The molecular weight excluding hydrogens is 414 g/mol. The number of morpholine rings is 1. The van der Waals surface area contributed by atoms with Gasteiger partial charge in [0.25, 0.3) is 0 Å². The highest BCUT2D eigenvalue weighted by molar-refractivity contribution is 6.30. The number of rotatable bonds is 7. The number of ether oxygens (including phenoxy) is 1. The Balaban J connectivity index is 1.34. The number of anilines is 2. The summed E-state index contributed by atoms with van der Waals surface area (Å²) < 4.78 is 5.42. The van der Waals surface area contributed by atoms with Crippen molar-refractivity contribution in [3.8, 4) is 0 Å². The van der Waals surface area contributed by atoms with E-state index in [-0.39, 0.29) is 5.91 Å². The van der Waals surface area contributed by atoms with E-state index in [2.05, 4.69) is 25.5 Å². The molecule has 31 heavy (non-hydrogen) atoms. The Morgan fingerprint density at radius 3 is 2.55 bits per heavy atom. The first kappa shape index (κ1) is 21.8. The van der Waals surface area contributed by atoms with Crippen LogP contribution in [0.1, 0.15) is 36.9 Å². The Labute approximate surface area is 188 Å². The monoisotopic (exact) mass is 443 g/mol. The van der Waals surface area contributed by atoms with Gasteiger partial charge in [-0.05, 0) is 37.5 Å². The minimum absolute atomic E-state index is 0.0910. The molecule has 0 atom stereocenters. The van der Waals surface area contributed by atoms with Crippen molar-refractivity contribution in [1.82, 2.24) is 15.3 Å². The highest BCUT2D eigenvalue weighted by Gasteiger charge is 2.42. The van der Waals surface area contributed by atoms with Crippen molar-refractivity contribution in [3.05, 3.63) is 46.6 Å². The summed E-state index contributed by atoms with van der Waals surface area (Å²) in [7, 11) is 0. The van der Waals surface area contributed by atoms with Crippen LogP contribution in [0.25, 0.3) is 0 Å². The van der Waals surface area contributed by atoms with Gasteiger partial charge >= 0.3 is 0 Å². The van der Waals surface area contributed by atoms with Crippen LogP contribution in [0.3, 0.4) is 0 Å². The van der Waals surface area contributed by atoms with E-state index >= 15 is 0 Å². The van der Waals surface area contributed by atoms with Crippen LogP contribution in [-0.2, 0) is 14.9 Å². The third kappa shape index (κ3) is 5.10. The van der Waals surface area contributed by atoms with Crippen molar-refractivity contribution < 1.29 is 9.53 Å². The maximum atomic E-state index is 13.2. The lowest BCUT2D eigenvalue weighted by Crippen LogP contribution is -2.44. The average molecular weight is 444 g/mol. The standard InChI is InChI=1S/C23H30ClN5O2/c1-17-16-20(29-12-14-31-15-13-29)28-22(27-17)26-11-10-25-21(30)23(8-2-3-9-23)18-4-6-19(24)7-5-18/h4-7,16H,2-3,8-15H2,1H3,(H,25,30)(H,26,27,28). The van der Waals surface area contributed by atoms with E-state index in [1.807, 2.05) is 37.3 Å². The number of hydrogen-bond acceptors (Lipinski definition) is 6. The first-order chi connectivity index (χ1) is 15.1. The van der Waals surface area contributed by atoms with Gasteiger partial charge in [-0.25, -0.2) is 4.98 Å². The summed E-state index contributed by atoms with van der Waals surface area (Å²) in [6.45, 7) is 6.14. The molecule has 1 aliphatic heterocycles. The first-order valence-electron chi connectivity index (χ1n) is 11.0. The zero-order chi connectivity index (χ0) is 21.7. The Morgan fingerprint density at radius 1 is 1.13 bits per heavy atom. The van der Waals surface area contributed by atoms with Crippen LogP contribution in [0.2, 0.25) is 5.02 Å². The summed E-state index contributed by atoms with van der Waals surface area (Å²) in [6, 6.07) is 9.70. The minimum atomic E-state index is -0.450. The summed E-state index contributed by atoms with van der Waals surface area (Å²) in [6.07, 6.45) is 3.88. The molecule has 1 aromatic heterocycles. The van der Waals surface area contributed by atoms with Crippen LogP contribution in [-0.4, -0.2) is 55.3 Å². The van der Waals surface area contributed by atoms with Gasteiger partial charge in [0, 0.05) is 43.0 Å². The minimum Gasteiger partial charge on any atom is -0.378 e. The van der Waals surface area contributed by atoms with E-state index in [9.17, 15) is 4.79 Å². The molecule has 166 valence electrons. The lowest BCUT2D eigenvalue weighted by Gasteiger charge is -2.29. The second kappa shape index (κ2) is 9.83. The van der Waals surface area contributed by atoms with Gasteiger partial charge in [-0.2, -0.15) is 4.98 Å². The van der Waals surface area contributed by atoms with E-state index in [4.69, 9.17) is 16.3 Å². The van der Waals surface area contributed by atoms with Crippen LogP contribution < -0.4 is 15.5 Å². The van der Waals surface area contributed by atoms with E-state index < -0.39 is 5.41 Å². The highest BCUT2D eigenvalue weighted by atomic mass is 35.5. The van der Waals surface area contributed by atoms with E-state index in [1.54, 1.807) is 0 Å². The van der Waals surface area contributed by atoms with Gasteiger partial charge in [0.2, 0.25) is 11.9 Å². The molecule has 1 aromatic carbocycles. The van der Waals surface area contributed by atoms with Crippen LogP contribution in [0.15, 0.2) is 30.3 Å². The largest absolute Gasteiger partial charge is 0.378 e. The van der Waals surface area contributed by atoms with Crippen molar-refractivity contribution in [1.29, 1.82) is 0 Å². The summed E-state index contributed by atoms with van der Waals surface area (Å²) in [5.41, 5.74) is 1.51. The van der Waals surface area contributed by atoms with Gasteiger partial charge in [0.15, 0.2) is 0 Å². The van der Waals surface area contributed by atoms with Crippen molar-refractivity contribution in [2.45, 2.75) is 38.0 Å². The van der Waals surface area contributed by atoms with E-state index in [1.165, 1.54) is 0 Å². The second-order valence-electron chi connectivity index (χ2n) is 8.27. The molecule has 2 heterocycles. The summed E-state index contributed by atoms with van der Waals surface area (Å²) in [4.78, 5) is 24.5. The lowest BCUT2D eigenvalue weighted by atomic mass is 9.78. The molecule has 4 rings (SSSR count). The predicted octanol–water partition coefficient (Wildman–Crippen LogP) is 3.32. The third-order valence-corrected chi connectivity index (χ3v) is 6.41. The van der Waals surface area contributed by atoms with Crippen LogP contribution in [0, 0.1) is 6.92 Å². The molecule has 2 aromatic rings. The molecular formula is C23H30ClN5O2. The van der Waals surface area contributed by atoms with Crippen LogP contribution >= 0.6 is 11.6 Å². The van der Waals surface area contributed by atoms with Crippen molar-refractivity contribution >= 4 is 29.3 Å². The number of carbonyl (C=O) groups is 1. The molecule has 1 saturated heterocycles. The summed E-state index contributed by atoms with van der Waals surface area (Å²) >= 11 is 6.05. The van der Waals surface area contributed by atoms with Gasteiger partial charge in [-0.3, -0.25) is 4.79 Å². The molecule has 0 radical (unpaired) electrons. The average Bonchev–Trinajstić information content (AvgIpc) is 3.28. The second-order valence-corrected chi connectivity index (χ2v) is 8.71. The number of hydrogen-bond donors (Lipinski definition) is 2. The van der Waals surface area contributed by atoms with Crippen LogP contribution in [0.4, 0.5) is 11.8 Å². The Hall–Kier alpha value is -2.38. The highest BCUT2D eigenvalue weighted by Crippen LogP contribution is 2.41. The van der Waals surface area contributed by atoms with Gasteiger partial charge in [0.1, 0.15) is 5.82 Å². The fourth-order valence-electron chi connectivity index (χ4n) is 4.50. The van der Waals surface area contributed by atoms with Crippen molar-refractivity contribution in [2.75, 3.05) is 49.6 Å². The number of benzene rings is 1. The number of nitrogens with one attached hydrogen (secondary N) is 2. The van der Waals surface area contributed by atoms with E-state index in [0.29, 0.717) is 37.3 Å². The maximum absolute atomic E-state index is 13.2. The summed E-state index contributed by atoms with van der Waals surface area (Å²) in [5.74, 6) is 1.59. The molecule has 1 amide bonds. The number of nitrogens with zero attached hydrogens (tertiary/aromatic N) is 3. The molecule has 1 aliphatic carbocycles. The van der Waals surface area contributed by atoms with Gasteiger partial charge in [0.05, 0.1) is 18.6 Å². The number of amides is 1. The van der Waals surface area contributed by atoms with Gasteiger partial charge in [-0.1, -0.05) is 36.6 Å². The number of aryl methyl sites for hydroxylation is 1. The van der Waals surface area contributed by atoms with Crippen LogP contribution in [0.5, 0.6) is 0 Å². The van der Waals surface area contributed by atoms with Gasteiger partial charge < -0.3 is 20.3 Å². The smallest absolute Gasteiger partial charge is 0.230 e. The fraction of sp³-hybridized carbons (Fsp3) is 0.522. The molecule has 1 saturated carbocycles. The number of carbonyl (C=O) groups excluding carboxylic acids is 1. The molecule has 2 N–H and O–H groups in total. The Morgan fingerprint density at radius 2 is 1.84 bits per heavy atom. The normalized spacial score (nSPS) is 18.1. The molecule has 8 heteroatoms. The third-order valence-electron chi connectivity index (χ3n) is 6.16. The predicted molar refractivity (Wildman–Crippen MR) is 123 cm³/mol. The maximum Gasteiger partial charge on any atom is 0.230 e. The molecule has 2 aliphatic rings. The van der Waals surface area contributed by atoms with Gasteiger partial charge in [-0.15, -0.1) is 0 Å². The number of aromatic nitrogens is 2. The molecule has 0 unspecified atom stereocenters. The topological polar surface area (TPSA) is 79.4 Å². The zero-order valence-corrected chi connectivity index (χ0v) is 18.7. The molecule has 0 spiro atoms. The molecule has 7 nitrogen and oxygen atoms in total. The Bertz CT molecular complexity index is 893. The van der Waals surface area contributed by atoms with E-state index in [0.717, 1.165) is 55.8 Å². The SMILES string of the molecule is Cc1cc(N2CCOCC2)nc(NCCNC(=O)C2(c3ccc(Cl)cc3)CCCC2)n1. The number of halogens is 1. The molecule has 2 fully saturated rings. The fourth-order valence-corrected chi connectivity index (χ4v) is 4.63. The lowest BCUT2D eigenvalue weighted by molar-refractivity contribution is -0.126. The Kier molecular flexibility index (Phi) is 6.92. The first-order valence-corrected chi connectivity index (χ1v) is 11.4. The zero-order valence-electron chi connectivity index (χ0n) is 18.0. The quantitative estimate of drug-likeness (QED) is 0.639. The van der Waals surface area contributed by atoms with Crippen molar-refractivity contribution in [2.24, 2.45) is 0 Å². The summed E-state index contributed by atoms with van der Waals surface area (Å²) in [5, 5.41) is 7.07. The molecule has 0 bridgehead atoms.